The third-order valence-corrected chi connectivity index (χ3v) is 6.30. The SMILES string of the molecule is CC[NH+]1CCC[C@H]1CNc1ncnc2sc3c(c12)CCC3. The summed E-state index contributed by atoms with van der Waals surface area (Å²) in [5.74, 6) is 1.07. The maximum absolute atomic E-state index is 4.54. The number of quaternary nitrogens is 1. The number of hydrogen-bond acceptors (Lipinski definition) is 4. The van der Waals surface area contributed by atoms with Gasteiger partial charge in [0.15, 0.2) is 0 Å². The first-order valence-corrected chi connectivity index (χ1v) is 9.02. The summed E-state index contributed by atoms with van der Waals surface area (Å²) in [4.78, 5) is 13.5. The van der Waals surface area contributed by atoms with E-state index in [1.165, 1.54) is 65.9 Å². The van der Waals surface area contributed by atoms with Crippen LogP contribution in [0.25, 0.3) is 10.2 Å². The molecule has 112 valence electrons. The summed E-state index contributed by atoms with van der Waals surface area (Å²) in [7, 11) is 0. The summed E-state index contributed by atoms with van der Waals surface area (Å²) in [6.07, 6.45) is 8.14. The van der Waals surface area contributed by atoms with Crippen LogP contribution in [0.2, 0.25) is 0 Å². The molecule has 1 saturated heterocycles. The molecule has 4 rings (SSSR count). The highest BCUT2D eigenvalue weighted by atomic mass is 32.1. The Morgan fingerprint density at radius 2 is 2.29 bits per heavy atom. The Bertz CT molecular complexity index is 651. The van der Waals surface area contributed by atoms with Gasteiger partial charge in [-0.05, 0) is 31.7 Å². The fourth-order valence-electron chi connectivity index (χ4n) is 3.98. The van der Waals surface area contributed by atoms with Crippen LogP contribution in [-0.4, -0.2) is 35.6 Å². The van der Waals surface area contributed by atoms with Crippen molar-refractivity contribution >= 4 is 27.4 Å². The number of likely N-dealkylation sites (N-methyl/N-ethyl adjacent to an activating group) is 1. The van der Waals surface area contributed by atoms with E-state index < -0.39 is 0 Å². The lowest BCUT2D eigenvalue weighted by Gasteiger charge is -2.20. The molecule has 0 saturated carbocycles. The molecule has 2 aliphatic rings. The van der Waals surface area contributed by atoms with E-state index in [0.29, 0.717) is 0 Å². The number of aromatic nitrogens is 2. The van der Waals surface area contributed by atoms with E-state index in [-0.39, 0.29) is 0 Å². The number of aryl methyl sites for hydroxylation is 2. The number of hydrogen-bond donors (Lipinski definition) is 2. The van der Waals surface area contributed by atoms with Crippen LogP contribution in [-0.2, 0) is 12.8 Å². The molecule has 0 radical (unpaired) electrons. The molecule has 1 aliphatic heterocycles. The quantitative estimate of drug-likeness (QED) is 0.903. The summed E-state index contributed by atoms with van der Waals surface area (Å²) in [6.45, 7) is 5.90. The number of nitrogens with one attached hydrogen (secondary N) is 2. The van der Waals surface area contributed by atoms with Crippen LogP contribution in [0.4, 0.5) is 5.82 Å². The van der Waals surface area contributed by atoms with Crippen LogP contribution < -0.4 is 10.2 Å². The smallest absolute Gasteiger partial charge is 0.138 e. The lowest BCUT2D eigenvalue weighted by molar-refractivity contribution is -0.908. The van der Waals surface area contributed by atoms with Gasteiger partial charge in [0, 0.05) is 17.7 Å². The van der Waals surface area contributed by atoms with E-state index in [1.807, 2.05) is 11.3 Å². The van der Waals surface area contributed by atoms with Crippen LogP contribution >= 0.6 is 11.3 Å². The standard InChI is InChI=1S/C16H22N4S/c1-2-20-8-4-5-11(20)9-17-15-14-12-6-3-7-13(12)21-16(14)19-10-18-15/h10-11H,2-9H2,1H3,(H,17,18,19)/p+1/t11-/m0/s1. The number of rotatable bonds is 4. The first-order chi connectivity index (χ1) is 10.4. The minimum Gasteiger partial charge on any atom is -0.363 e. The molecule has 1 aliphatic carbocycles. The predicted molar refractivity (Wildman–Crippen MR) is 87.3 cm³/mol. The van der Waals surface area contributed by atoms with Crippen molar-refractivity contribution in [2.24, 2.45) is 0 Å². The zero-order valence-electron chi connectivity index (χ0n) is 12.6. The molecular weight excluding hydrogens is 280 g/mol. The zero-order chi connectivity index (χ0) is 14.2. The third-order valence-electron chi connectivity index (χ3n) is 5.10. The van der Waals surface area contributed by atoms with Gasteiger partial charge in [-0.15, -0.1) is 11.3 Å². The molecule has 4 nitrogen and oxygen atoms in total. The topological polar surface area (TPSA) is 42.2 Å². The number of nitrogens with zero attached hydrogens (tertiary/aromatic N) is 2. The number of thiophene rings is 1. The van der Waals surface area contributed by atoms with Crippen LogP contribution in [0.1, 0.15) is 36.6 Å². The van der Waals surface area contributed by atoms with Crippen molar-refractivity contribution in [3.63, 3.8) is 0 Å². The van der Waals surface area contributed by atoms with E-state index in [1.54, 1.807) is 11.2 Å². The summed E-state index contributed by atoms with van der Waals surface area (Å²) < 4.78 is 0. The number of anilines is 1. The van der Waals surface area contributed by atoms with E-state index in [2.05, 4.69) is 22.2 Å². The van der Waals surface area contributed by atoms with Crippen LogP contribution in [0.15, 0.2) is 6.33 Å². The Hall–Kier alpha value is -1.20. The highest BCUT2D eigenvalue weighted by Gasteiger charge is 2.27. The second kappa shape index (κ2) is 5.54. The molecule has 2 aromatic heterocycles. The fourth-order valence-corrected chi connectivity index (χ4v) is 5.21. The molecule has 0 amide bonds. The van der Waals surface area contributed by atoms with Gasteiger partial charge < -0.3 is 10.2 Å². The van der Waals surface area contributed by atoms with Gasteiger partial charge in [-0.25, -0.2) is 9.97 Å². The van der Waals surface area contributed by atoms with Crippen LogP contribution in [0.3, 0.4) is 0 Å². The van der Waals surface area contributed by atoms with Crippen molar-refractivity contribution in [2.45, 2.75) is 45.1 Å². The van der Waals surface area contributed by atoms with Crippen molar-refractivity contribution < 1.29 is 4.90 Å². The molecule has 1 fully saturated rings. The molecule has 2 atom stereocenters. The lowest BCUT2D eigenvalue weighted by atomic mass is 10.2. The molecule has 3 heterocycles. The minimum atomic E-state index is 0.742. The van der Waals surface area contributed by atoms with Gasteiger partial charge >= 0.3 is 0 Å². The first kappa shape index (κ1) is 13.5. The Labute approximate surface area is 129 Å². The van der Waals surface area contributed by atoms with Gasteiger partial charge in [-0.2, -0.15) is 0 Å². The molecule has 0 aromatic carbocycles. The number of likely N-dealkylation sites (tertiary alicyclic amines) is 1. The first-order valence-electron chi connectivity index (χ1n) is 8.20. The zero-order valence-corrected chi connectivity index (χ0v) is 13.4. The molecule has 2 aromatic rings. The van der Waals surface area contributed by atoms with Gasteiger partial charge in [0.2, 0.25) is 0 Å². The summed E-state index contributed by atoms with van der Waals surface area (Å²) in [6, 6.07) is 0.742. The molecule has 0 bridgehead atoms. The third kappa shape index (κ3) is 2.32. The van der Waals surface area contributed by atoms with Gasteiger partial charge in [0.1, 0.15) is 23.0 Å². The van der Waals surface area contributed by atoms with Crippen molar-refractivity contribution in [3.8, 4) is 0 Å². The monoisotopic (exact) mass is 303 g/mol. The van der Waals surface area contributed by atoms with Crippen molar-refractivity contribution in [1.82, 2.24) is 9.97 Å². The fraction of sp³-hybridized carbons (Fsp3) is 0.625. The van der Waals surface area contributed by atoms with Gasteiger partial charge in [0.25, 0.3) is 0 Å². The predicted octanol–water partition coefficient (Wildman–Crippen LogP) is 1.66. The Morgan fingerprint density at radius 3 is 3.19 bits per heavy atom. The van der Waals surface area contributed by atoms with E-state index in [4.69, 9.17) is 0 Å². The molecule has 2 N–H and O–H groups in total. The molecule has 0 spiro atoms. The van der Waals surface area contributed by atoms with Crippen LogP contribution in [0.5, 0.6) is 0 Å². The number of fused-ring (bicyclic) bond motifs is 3. The normalized spacial score (nSPS) is 24.6. The highest BCUT2D eigenvalue weighted by molar-refractivity contribution is 7.19. The van der Waals surface area contributed by atoms with Crippen molar-refractivity contribution in [2.75, 3.05) is 25.0 Å². The average molecular weight is 303 g/mol. The van der Waals surface area contributed by atoms with Crippen molar-refractivity contribution in [3.05, 3.63) is 16.8 Å². The van der Waals surface area contributed by atoms with E-state index >= 15 is 0 Å². The largest absolute Gasteiger partial charge is 0.363 e. The Morgan fingerprint density at radius 1 is 1.33 bits per heavy atom. The molecule has 1 unspecified atom stereocenters. The maximum Gasteiger partial charge on any atom is 0.138 e. The lowest BCUT2D eigenvalue weighted by Crippen LogP contribution is -3.14. The Kier molecular flexibility index (Phi) is 3.55. The van der Waals surface area contributed by atoms with Crippen LogP contribution in [0, 0.1) is 0 Å². The summed E-state index contributed by atoms with van der Waals surface area (Å²) in [5, 5.41) is 4.96. The molecular formula is C16H23N4S+. The van der Waals surface area contributed by atoms with Crippen molar-refractivity contribution in [1.29, 1.82) is 0 Å². The Balaban J connectivity index is 1.59. The van der Waals surface area contributed by atoms with Gasteiger partial charge in [0.05, 0.1) is 25.0 Å². The summed E-state index contributed by atoms with van der Waals surface area (Å²) in [5.41, 5.74) is 1.52. The molecule has 21 heavy (non-hydrogen) atoms. The van der Waals surface area contributed by atoms with E-state index in [9.17, 15) is 0 Å². The maximum atomic E-state index is 4.54. The van der Waals surface area contributed by atoms with Gasteiger partial charge in [-0.3, -0.25) is 0 Å². The average Bonchev–Trinajstić information content (AvgIpc) is 3.19. The second-order valence-electron chi connectivity index (χ2n) is 6.24. The summed E-state index contributed by atoms with van der Waals surface area (Å²) >= 11 is 1.87. The molecule has 5 heteroatoms. The van der Waals surface area contributed by atoms with Gasteiger partial charge in [-0.1, -0.05) is 0 Å². The highest BCUT2D eigenvalue weighted by Crippen LogP contribution is 2.38. The van der Waals surface area contributed by atoms with E-state index in [0.717, 1.165) is 18.4 Å². The minimum absolute atomic E-state index is 0.742. The second-order valence-corrected chi connectivity index (χ2v) is 7.33.